The van der Waals surface area contributed by atoms with Gasteiger partial charge < -0.3 is 30.1 Å². The van der Waals surface area contributed by atoms with Crippen molar-refractivity contribution in [1.29, 1.82) is 0 Å². The molecule has 0 spiro atoms. The molecule has 37 heavy (non-hydrogen) atoms. The van der Waals surface area contributed by atoms with Crippen LogP contribution in [0.1, 0.15) is 67.6 Å². The third kappa shape index (κ3) is 7.59. The van der Waals surface area contributed by atoms with Crippen LogP contribution in [0, 0.1) is 0 Å². The van der Waals surface area contributed by atoms with Crippen molar-refractivity contribution in [3.8, 4) is 0 Å². The molecule has 2 aromatic rings. The van der Waals surface area contributed by atoms with Crippen molar-refractivity contribution in [1.82, 2.24) is 4.90 Å². The molecule has 0 aliphatic carbocycles. The molecule has 4 atom stereocenters. The topological polar surface area (TPSA) is 129 Å². The van der Waals surface area contributed by atoms with Crippen LogP contribution in [-0.4, -0.2) is 63.9 Å². The van der Waals surface area contributed by atoms with Crippen molar-refractivity contribution in [2.75, 3.05) is 25.0 Å². The monoisotopic (exact) mass is 512 g/mol. The Balaban J connectivity index is 1.45. The van der Waals surface area contributed by atoms with Gasteiger partial charge in [0.1, 0.15) is 0 Å². The van der Waals surface area contributed by atoms with Gasteiger partial charge in [0.05, 0.1) is 25.4 Å². The maximum atomic E-state index is 12.1. The van der Waals surface area contributed by atoms with Gasteiger partial charge in [-0.2, -0.15) is 0 Å². The fourth-order valence-corrected chi connectivity index (χ4v) is 4.98. The number of carbonyl (C=O) groups is 2. The molecule has 200 valence electrons. The molecular weight excluding hydrogens is 476 g/mol. The summed E-state index contributed by atoms with van der Waals surface area (Å²) in [6, 6.07) is 15.2. The Kier molecular flexibility index (Phi) is 9.65. The molecule has 0 saturated carbocycles. The highest BCUT2D eigenvalue weighted by molar-refractivity contribution is 5.90. The number of hydrogen-bond donors (Lipinski definition) is 4. The second-order valence-corrected chi connectivity index (χ2v) is 9.74. The molecule has 1 amide bonds. The molecule has 0 unspecified atom stereocenters. The van der Waals surface area contributed by atoms with Crippen molar-refractivity contribution in [2.24, 2.45) is 0 Å². The van der Waals surface area contributed by atoms with Crippen LogP contribution in [0.4, 0.5) is 5.69 Å². The van der Waals surface area contributed by atoms with Crippen LogP contribution in [0.2, 0.25) is 0 Å². The minimum atomic E-state index is -0.915. The number of nitrogens with zero attached hydrogens (tertiary/aromatic N) is 1. The van der Waals surface area contributed by atoms with Gasteiger partial charge in [-0.15, -0.1) is 0 Å². The molecule has 2 fully saturated rings. The molecule has 2 aromatic carbocycles. The largest absolute Gasteiger partial charge is 0.481 e. The Morgan fingerprint density at radius 1 is 0.973 bits per heavy atom. The second kappa shape index (κ2) is 13.1. The molecule has 0 radical (unpaired) electrons. The van der Waals surface area contributed by atoms with Gasteiger partial charge in [-0.05, 0) is 49.1 Å². The number of aliphatic hydroxyl groups excluding tert-OH is 2. The summed E-state index contributed by atoms with van der Waals surface area (Å²) >= 11 is 0. The van der Waals surface area contributed by atoms with Crippen molar-refractivity contribution >= 4 is 17.6 Å². The highest BCUT2D eigenvalue weighted by Crippen LogP contribution is 2.39. The Morgan fingerprint density at radius 3 is 2.38 bits per heavy atom. The smallest absolute Gasteiger partial charge is 0.303 e. The number of hydrogen-bond acceptors (Lipinski definition) is 7. The van der Waals surface area contributed by atoms with E-state index >= 15 is 0 Å². The number of carbonyl (C=O) groups excluding carboxylic acids is 1. The van der Waals surface area contributed by atoms with E-state index < -0.39 is 12.3 Å². The van der Waals surface area contributed by atoms with Crippen LogP contribution in [-0.2, 0) is 25.7 Å². The zero-order chi connectivity index (χ0) is 26.2. The van der Waals surface area contributed by atoms with Gasteiger partial charge in [0.15, 0.2) is 6.29 Å². The fraction of sp³-hybridized carbons (Fsp3) is 0.500. The summed E-state index contributed by atoms with van der Waals surface area (Å²) in [5.74, 6) is -1.14. The van der Waals surface area contributed by atoms with Crippen LogP contribution in [0.3, 0.4) is 0 Å². The zero-order valence-corrected chi connectivity index (χ0v) is 20.9. The minimum absolute atomic E-state index is 0.0138. The highest BCUT2D eigenvalue weighted by atomic mass is 16.7. The molecule has 0 aromatic heterocycles. The van der Waals surface area contributed by atoms with E-state index in [0.717, 1.165) is 36.1 Å². The number of aliphatic carboxylic acids is 1. The van der Waals surface area contributed by atoms with Crippen LogP contribution in [0.15, 0.2) is 48.5 Å². The quantitative estimate of drug-likeness (QED) is 0.361. The summed E-state index contributed by atoms with van der Waals surface area (Å²) < 4.78 is 12.8. The van der Waals surface area contributed by atoms with E-state index in [4.69, 9.17) is 14.6 Å². The van der Waals surface area contributed by atoms with E-state index in [9.17, 15) is 19.8 Å². The maximum Gasteiger partial charge on any atom is 0.303 e. The van der Waals surface area contributed by atoms with Gasteiger partial charge in [-0.25, -0.2) is 0 Å². The van der Waals surface area contributed by atoms with Crippen LogP contribution in [0.25, 0.3) is 0 Å². The van der Waals surface area contributed by atoms with E-state index in [0.29, 0.717) is 25.1 Å². The van der Waals surface area contributed by atoms with Gasteiger partial charge >= 0.3 is 5.97 Å². The Bertz CT molecular complexity index is 1030. The number of nitrogens with one attached hydrogen (secondary N) is 1. The van der Waals surface area contributed by atoms with Gasteiger partial charge in [-0.1, -0.05) is 36.4 Å². The zero-order valence-electron chi connectivity index (χ0n) is 20.9. The van der Waals surface area contributed by atoms with Gasteiger partial charge in [0, 0.05) is 43.1 Å². The summed E-state index contributed by atoms with van der Waals surface area (Å²) in [6.07, 6.45) is 2.23. The summed E-state index contributed by atoms with van der Waals surface area (Å²) in [5, 5.41) is 30.7. The third-order valence-electron chi connectivity index (χ3n) is 7.02. The molecule has 2 heterocycles. The molecule has 2 aliphatic heterocycles. The molecular formula is C28H36N2O7. The number of carboxylic acid groups (broad SMARTS) is 1. The van der Waals surface area contributed by atoms with E-state index in [1.807, 2.05) is 36.4 Å². The summed E-state index contributed by atoms with van der Waals surface area (Å²) in [6.45, 7) is 1.77. The average molecular weight is 513 g/mol. The summed E-state index contributed by atoms with van der Waals surface area (Å²) in [7, 11) is 0. The Hall–Kier alpha value is -2.82. The van der Waals surface area contributed by atoms with Crippen LogP contribution < -0.4 is 5.32 Å². The van der Waals surface area contributed by atoms with Crippen molar-refractivity contribution in [3.05, 3.63) is 65.2 Å². The summed E-state index contributed by atoms with van der Waals surface area (Å²) in [4.78, 5) is 25.0. The number of carboxylic acids is 1. The summed E-state index contributed by atoms with van der Waals surface area (Å²) in [5.41, 5.74) is 3.30. The first-order valence-electron chi connectivity index (χ1n) is 12.9. The molecule has 9 nitrogen and oxygen atoms in total. The molecule has 4 rings (SSSR count). The molecule has 4 N–H and O–H groups in total. The number of aliphatic hydroxyl groups is 2. The predicted octanol–water partition coefficient (Wildman–Crippen LogP) is 3.37. The lowest BCUT2D eigenvalue weighted by Crippen LogP contribution is -2.42. The molecule has 2 saturated heterocycles. The Morgan fingerprint density at radius 2 is 1.70 bits per heavy atom. The molecule has 0 bridgehead atoms. The van der Waals surface area contributed by atoms with E-state index in [2.05, 4.69) is 10.2 Å². The number of ether oxygens (including phenoxy) is 2. The normalized spacial score (nSPS) is 24.2. The van der Waals surface area contributed by atoms with E-state index in [1.54, 1.807) is 12.1 Å². The number of rotatable bonds is 11. The van der Waals surface area contributed by atoms with Crippen LogP contribution in [0.5, 0.6) is 0 Å². The van der Waals surface area contributed by atoms with E-state index in [-0.39, 0.29) is 50.2 Å². The third-order valence-corrected chi connectivity index (χ3v) is 7.02. The SMILES string of the molecule is O=C(O)CCCC(=O)Nc1ccc([C@H]2O[C@@H](CN3CCC[C@H]3CO)C[C@@H](c3ccc(CO)cc3)O2)cc1. The first-order chi connectivity index (χ1) is 17.9. The number of anilines is 1. The number of benzene rings is 2. The minimum Gasteiger partial charge on any atom is -0.481 e. The van der Waals surface area contributed by atoms with Gasteiger partial charge in [-0.3, -0.25) is 14.5 Å². The highest BCUT2D eigenvalue weighted by Gasteiger charge is 2.35. The second-order valence-electron chi connectivity index (χ2n) is 9.74. The maximum absolute atomic E-state index is 12.1. The van der Waals surface area contributed by atoms with Crippen molar-refractivity contribution in [3.63, 3.8) is 0 Å². The lowest BCUT2D eigenvalue weighted by molar-refractivity contribution is -0.253. The van der Waals surface area contributed by atoms with Crippen molar-refractivity contribution < 1.29 is 34.4 Å². The molecule has 2 aliphatic rings. The lowest BCUT2D eigenvalue weighted by Gasteiger charge is -2.38. The number of likely N-dealkylation sites (tertiary alicyclic amines) is 1. The first kappa shape index (κ1) is 27.2. The number of amides is 1. The average Bonchev–Trinajstić information content (AvgIpc) is 3.35. The predicted molar refractivity (Wildman–Crippen MR) is 137 cm³/mol. The van der Waals surface area contributed by atoms with Gasteiger partial charge in [0.2, 0.25) is 5.91 Å². The van der Waals surface area contributed by atoms with Crippen molar-refractivity contribution in [2.45, 2.75) is 69.7 Å². The fourth-order valence-electron chi connectivity index (χ4n) is 4.98. The van der Waals surface area contributed by atoms with Crippen LogP contribution >= 0.6 is 0 Å². The van der Waals surface area contributed by atoms with E-state index in [1.165, 1.54) is 0 Å². The lowest BCUT2D eigenvalue weighted by atomic mass is 9.99. The molecule has 9 heteroatoms. The standard InChI is InChI=1S/C28H36N2O7/c31-17-19-6-8-20(9-7-19)25-15-24(16-30-14-2-3-23(30)18-32)36-28(37-25)21-10-12-22(13-11-21)29-26(33)4-1-5-27(34)35/h6-13,23-25,28,31-32H,1-5,14-18H2,(H,29,33)(H,34,35)/t23-,24+,25-,28-/m0/s1. The van der Waals surface area contributed by atoms with Gasteiger partial charge in [0.25, 0.3) is 0 Å². The Labute approximate surface area is 217 Å². The first-order valence-corrected chi connectivity index (χ1v) is 12.9.